The first-order valence-corrected chi connectivity index (χ1v) is 7.24. The van der Waals surface area contributed by atoms with Crippen molar-refractivity contribution in [2.45, 2.75) is 19.8 Å². The van der Waals surface area contributed by atoms with Gasteiger partial charge in [-0.3, -0.25) is 9.69 Å². The highest BCUT2D eigenvalue weighted by molar-refractivity contribution is 5.77. The number of benzene rings is 1. The highest BCUT2D eigenvalue weighted by Gasteiger charge is 2.06. The first-order chi connectivity index (χ1) is 10.2. The Kier molecular flexibility index (Phi) is 7.92. The van der Waals surface area contributed by atoms with E-state index in [1.54, 1.807) is 12.1 Å². The van der Waals surface area contributed by atoms with Crippen molar-refractivity contribution in [3.05, 3.63) is 29.8 Å². The maximum Gasteiger partial charge on any atom is 0.234 e. The predicted molar refractivity (Wildman–Crippen MR) is 82.1 cm³/mol. The minimum Gasteiger partial charge on any atom is -0.492 e. The number of rotatable bonds is 9. The lowest BCUT2D eigenvalue weighted by Gasteiger charge is -2.16. The predicted octanol–water partition coefficient (Wildman–Crippen LogP) is 1.79. The molecule has 0 saturated carbocycles. The summed E-state index contributed by atoms with van der Waals surface area (Å²) in [6, 6.07) is 9.29. The standard InChI is InChI=1S/C16H23N3O2/c1-3-9-18-16(20)13-19(2)10-6-11-21-15-8-5-4-7-14(15)12-17/h4-5,7-8H,3,6,9-11,13H2,1-2H3,(H,18,20). The Bertz CT molecular complexity index is 483. The Labute approximate surface area is 126 Å². The Balaban J connectivity index is 2.22. The van der Waals surface area contributed by atoms with Gasteiger partial charge in [-0.25, -0.2) is 0 Å². The zero-order valence-corrected chi connectivity index (χ0v) is 12.8. The monoisotopic (exact) mass is 289 g/mol. The van der Waals surface area contributed by atoms with E-state index < -0.39 is 0 Å². The molecule has 0 aliphatic rings. The molecule has 114 valence electrons. The van der Waals surface area contributed by atoms with Crippen molar-refractivity contribution >= 4 is 5.91 Å². The van der Waals surface area contributed by atoms with Gasteiger partial charge in [-0.15, -0.1) is 0 Å². The van der Waals surface area contributed by atoms with E-state index in [0.717, 1.165) is 25.9 Å². The summed E-state index contributed by atoms with van der Waals surface area (Å²) in [6.07, 6.45) is 1.75. The SMILES string of the molecule is CCCNC(=O)CN(C)CCCOc1ccccc1C#N. The second-order valence-corrected chi connectivity index (χ2v) is 4.90. The van der Waals surface area contributed by atoms with Crippen LogP contribution in [0.5, 0.6) is 5.75 Å². The van der Waals surface area contributed by atoms with Crippen LogP contribution in [0.25, 0.3) is 0 Å². The van der Waals surface area contributed by atoms with E-state index in [2.05, 4.69) is 11.4 Å². The van der Waals surface area contributed by atoms with Gasteiger partial charge in [0, 0.05) is 13.1 Å². The lowest BCUT2D eigenvalue weighted by Crippen LogP contribution is -2.36. The van der Waals surface area contributed by atoms with E-state index >= 15 is 0 Å². The zero-order valence-electron chi connectivity index (χ0n) is 12.8. The number of hydrogen-bond acceptors (Lipinski definition) is 4. The zero-order chi connectivity index (χ0) is 15.5. The Morgan fingerprint density at radius 3 is 2.90 bits per heavy atom. The molecule has 1 rings (SSSR count). The summed E-state index contributed by atoms with van der Waals surface area (Å²) in [4.78, 5) is 13.5. The van der Waals surface area contributed by atoms with Crippen LogP contribution in [0, 0.1) is 11.3 Å². The summed E-state index contributed by atoms with van der Waals surface area (Å²) in [5.74, 6) is 0.665. The van der Waals surface area contributed by atoms with Crippen molar-refractivity contribution in [2.75, 3.05) is 33.3 Å². The average Bonchev–Trinajstić information content (AvgIpc) is 2.49. The number of para-hydroxylation sites is 1. The summed E-state index contributed by atoms with van der Waals surface area (Å²) >= 11 is 0. The van der Waals surface area contributed by atoms with Crippen molar-refractivity contribution in [2.24, 2.45) is 0 Å². The van der Waals surface area contributed by atoms with E-state index in [-0.39, 0.29) is 5.91 Å². The number of amides is 1. The first kappa shape index (κ1) is 17.0. The van der Waals surface area contributed by atoms with Gasteiger partial charge in [-0.05, 0) is 32.0 Å². The molecule has 1 aromatic rings. The number of nitrogens with zero attached hydrogens (tertiary/aromatic N) is 2. The molecule has 5 heteroatoms. The molecule has 0 atom stereocenters. The van der Waals surface area contributed by atoms with Crippen LogP contribution in [0.2, 0.25) is 0 Å². The molecule has 0 aliphatic carbocycles. The molecule has 0 unspecified atom stereocenters. The van der Waals surface area contributed by atoms with Crippen molar-refractivity contribution in [1.29, 1.82) is 5.26 Å². The van der Waals surface area contributed by atoms with E-state index in [4.69, 9.17) is 10.00 Å². The van der Waals surface area contributed by atoms with Gasteiger partial charge in [0.25, 0.3) is 0 Å². The Hall–Kier alpha value is -2.06. The number of carbonyl (C=O) groups is 1. The van der Waals surface area contributed by atoms with Crippen LogP contribution in [-0.2, 0) is 4.79 Å². The fourth-order valence-corrected chi connectivity index (χ4v) is 1.85. The fourth-order valence-electron chi connectivity index (χ4n) is 1.85. The minimum atomic E-state index is 0.0510. The van der Waals surface area contributed by atoms with E-state index in [1.165, 1.54) is 0 Å². The number of hydrogen-bond donors (Lipinski definition) is 1. The largest absolute Gasteiger partial charge is 0.492 e. The van der Waals surface area contributed by atoms with E-state index in [0.29, 0.717) is 24.5 Å². The molecule has 21 heavy (non-hydrogen) atoms. The maximum atomic E-state index is 11.5. The van der Waals surface area contributed by atoms with Crippen molar-refractivity contribution < 1.29 is 9.53 Å². The van der Waals surface area contributed by atoms with Crippen LogP contribution in [0.3, 0.4) is 0 Å². The van der Waals surface area contributed by atoms with Crippen molar-refractivity contribution in [3.63, 3.8) is 0 Å². The lowest BCUT2D eigenvalue weighted by atomic mass is 10.2. The molecular weight excluding hydrogens is 266 g/mol. The number of nitrogens with one attached hydrogen (secondary N) is 1. The summed E-state index contributed by atoms with van der Waals surface area (Å²) in [5, 5.41) is 11.8. The van der Waals surface area contributed by atoms with Gasteiger partial charge in [0.2, 0.25) is 5.91 Å². The third kappa shape index (κ3) is 6.77. The Morgan fingerprint density at radius 1 is 1.43 bits per heavy atom. The average molecular weight is 289 g/mol. The van der Waals surface area contributed by atoms with E-state index in [9.17, 15) is 4.79 Å². The normalized spacial score (nSPS) is 10.2. The molecule has 0 aromatic heterocycles. The molecule has 0 heterocycles. The molecule has 0 bridgehead atoms. The van der Waals surface area contributed by atoms with Gasteiger partial charge in [0.05, 0.1) is 18.7 Å². The Morgan fingerprint density at radius 2 is 2.19 bits per heavy atom. The smallest absolute Gasteiger partial charge is 0.234 e. The molecule has 0 fully saturated rings. The number of nitriles is 1. The number of carbonyl (C=O) groups excluding carboxylic acids is 1. The van der Waals surface area contributed by atoms with Crippen LogP contribution in [-0.4, -0.2) is 44.1 Å². The second-order valence-electron chi connectivity index (χ2n) is 4.90. The molecule has 1 amide bonds. The minimum absolute atomic E-state index is 0.0510. The van der Waals surface area contributed by atoms with Crippen LogP contribution in [0.1, 0.15) is 25.3 Å². The van der Waals surface area contributed by atoms with Gasteiger partial charge >= 0.3 is 0 Å². The quantitative estimate of drug-likeness (QED) is 0.704. The van der Waals surface area contributed by atoms with Gasteiger partial charge in [-0.2, -0.15) is 5.26 Å². The molecule has 0 spiro atoms. The van der Waals surface area contributed by atoms with Gasteiger partial charge in [0.1, 0.15) is 11.8 Å². The number of likely N-dealkylation sites (N-methyl/N-ethyl adjacent to an activating group) is 1. The lowest BCUT2D eigenvalue weighted by molar-refractivity contribution is -0.121. The van der Waals surface area contributed by atoms with Gasteiger partial charge in [-0.1, -0.05) is 19.1 Å². The molecule has 1 N–H and O–H groups in total. The summed E-state index contributed by atoms with van der Waals surface area (Å²) in [7, 11) is 1.91. The highest BCUT2D eigenvalue weighted by Crippen LogP contribution is 2.16. The summed E-state index contributed by atoms with van der Waals surface area (Å²) in [6.45, 7) is 4.45. The van der Waals surface area contributed by atoms with Crippen LogP contribution >= 0.6 is 0 Å². The van der Waals surface area contributed by atoms with Crippen LogP contribution in [0.15, 0.2) is 24.3 Å². The maximum absolute atomic E-state index is 11.5. The molecule has 0 aliphatic heterocycles. The second kappa shape index (κ2) is 9.78. The molecule has 0 saturated heterocycles. The van der Waals surface area contributed by atoms with Crippen LogP contribution < -0.4 is 10.1 Å². The third-order valence-electron chi connectivity index (χ3n) is 2.93. The van der Waals surface area contributed by atoms with E-state index in [1.807, 2.05) is 31.0 Å². The summed E-state index contributed by atoms with van der Waals surface area (Å²) in [5.41, 5.74) is 0.546. The molecule has 5 nitrogen and oxygen atoms in total. The topological polar surface area (TPSA) is 65.4 Å². The summed E-state index contributed by atoms with van der Waals surface area (Å²) < 4.78 is 5.60. The van der Waals surface area contributed by atoms with Crippen LogP contribution in [0.4, 0.5) is 0 Å². The molecule has 1 aromatic carbocycles. The van der Waals surface area contributed by atoms with Gasteiger partial charge in [0.15, 0.2) is 0 Å². The molecule has 0 radical (unpaired) electrons. The fraction of sp³-hybridized carbons (Fsp3) is 0.500. The van der Waals surface area contributed by atoms with Crippen molar-refractivity contribution in [3.8, 4) is 11.8 Å². The first-order valence-electron chi connectivity index (χ1n) is 7.24. The third-order valence-corrected chi connectivity index (χ3v) is 2.93. The highest BCUT2D eigenvalue weighted by atomic mass is 16.5. The molecular formula is C16H23N3O2. The number of ether oxygens (including phenoxy) is 1. The van der Waals surface area contributed by atoms with Crippen molar-refractivity contribution in [1.82, 2.24) is 10.2 Å². The van der Waals surface area contributed by atoms with Gasteiger partial charge < -0.3 is 10.1 Å².